The summed E-state index contributed by atoms with van der Waals surface area (Å²) < 4.78 is 2.28. The molecule has 0 spiro atoms. The molecule has 3 aromatic rings. The highest BCUT2D eigenvalue weighted by atomic mass is 16.1. The average molecular weight is 333 g/mol. The van der Waals surface area contributed by atoms with Gasteiger partial charge in [0, 0.05) is 19.5 Å². The highest BCUT2D eigenvalue weighted by Gasteiger charge is 2.10. The van der Waals surface area contributed by atoms with Crippen LogP contribution in [0.2, 0.25) is 0 Å². The summed E-state index contributed by atoms with van der Waals surface area (Å²) in [6, 6.07) is 18.7. The second-order valence-electron chi connectivity index (χ2n) is 6.00. The van der Waals surface area contributed by atoms with Crippen molar-refractivity contribution in [3.63, 3.8) is 0 Å². The number of nitrogens with zero attached hydrogens (tertiary/aromatic N) is 2. The van der Waals surface area contributed by atoms with Gasteiger partial charge in [-0.15, -0.1) is 0 Å². The molecule has 0 bridgehead atoms. The van der Waals surface area contributed by atoms with Gasteiger partial charge in [0.25, 0.3) is 0 Å². The molecule has 1 aromatic heterocycles. The molecule has 0 aliphatic rings. The lowest BCUT2D eigenvalue weighted by Gasteiger charge is -2.10. The smallest absolute Gasteiger partial charge is 0.243 e. The third-order valence-electron chi connectivity index (χ3n) is 4.26. The number of benzene rings is 2. The van der Waals surface area contributed by atoms with Gasteiger partial charge in [-0.05, 0) is 36.6 Å². The topological polar surface area (TPSA) is 46.9 Å². The number of imidazole rings is 1. The molecule has 4 nitrogen and oxygen atoms in total. The van der Waals surface area contributed by atoms with Crippen LogP contribution in [0.5, 0.6) is 0 Å². The fraction of sp³-hybridized carbons (Fsp3) is 0.238. The minimum absolute atomic E-state index is 0.147. The van der Waals surface area contributed by atoms with Crippen LogP contribution in [-0.2, 0) is 24.2 Å². The Hall–Kier alpha value is -2.88. The summed E-state index contributed by atoms with van der Waals surface area (Å²) >= 11 is 0. The number of nitrogens with one attached hydrogen (secondary N) is 1. The third-order valence-corrected chi connectivity index (χ3v) is 4.26. The predicted octanol–water partition coefficient (Wildman–Crippen LogP) is 3.51. The van der Waals surface area contributed by atoms with Gasteiger partial charge in [0.15, 0.2) is 0 Å². The van der Waals surface area contributed by atoms with Gasteiger partial charge in [-0.3, -0.25) is 4.79 Å². The van der Waals surface area contributed by atoms with Crippen molar-refractivity contribution in [3.8, 4) is 0 Å². The first kappa shape index (κ1) is 17.0. The van der Waals surface area contributed by atoms with Crippen molar-refractivity contribution in [3.05, 3.63) is 78.6 Å². The number of carbonyl (C=O) groups excluding carboxylic acids is 1. The van der Waals surface area contributed by atoms with Gasteiger partial charge in [0.2, 0.25) is 5.91 Å². The van der Waals surface area contributed by atoms with Gasteiger partial charge in [-0.25, -0.2) is 4.98 Å². The van der Waals surface area contributed by atoms with Crippen molar-refractivity contribution in [2.75, 3.05) is 6.54 Å². The Kier molecular flexibility index (Phi) is 5.62. The molecule has 0 aliphatic heterocycles. The SMILES string of the molecule is C=CC(=O)NCCc1nc2ccccc2n1CCCc1ccccc1. The first-order valence-electron chi connectivity index (χ1n) is 8.66. The number of rotatable bonds is 8. The van der Waals surface area contributed by atoms with Crippen molar-refractivity contribution in [1.82, 2.24) is 14.9 Å². The fourth-order valence-corrected chi connectivity index (χ4v) is 3.02. The van der Waals surface area contributed by atoms with Gasteiger partial charge in [-0.2, -0.15) is 0 Å². The van der Waals surface area contributed by atoms with E-state index in [1.807, 2.05) is 24.3 Å². The van der Waals surface area contributed by atoms with Crippen molar-refractivity contribution in [2.24, 2.45) is 0 Å². The zero-order chi connectivity index (χ0) is 17.5. The highest BCUT2D eigenvalue weighted by molar-refractivity contribution is 5.86. The largest absolute Gasteiger partial charge is 0.352 e. The number of aromatic nitrogens is 2. The van der Waals surface area contributed by atoms with Crippen molar-refractivity contribution >= 4 is 16.9 Å². The van der Waals surface area contributed by atoms with E-state index in [1.54, 1.807) is 0 Å². The molecule has 2 aromatic carbocycles. The first-order valence-corrected chi connectivity index (χ1v) is 8.66. The van der Waals surface area contributed by atoms with Crippen LogP contribution in [0.25, 0.3) is 11.0 Å². The molecule has 3 rings (SSSR count). The highest BCUT2D eigenvalue weighted by Crippen LogP contribution is 2.17. The minimum Gasteiger partial charge on any atom is -0.352 e. The fourth-order valence-electron chi connectivity index (χ4n) is 3.02. The predicted molar refractivity (Wildman–Crippen MR) is 101 cm³/mol. The molecule has 0 saturated heterocycles. The maximum Gasteiger partial charge on any atom is 0.243 e. The lowest BCUT2D eigenvalue weighted by atomic mass is 10.1. The number of amides is 1. The number of aryl methyl sites for hydroxylation is 2. The molecule has 1 amide bonds. The standard InChI is InChI=1S/C21H23N3O/c1-2-21(25)22-15-14-20-23-18-12-6-7-13-19(18)24(20)16-8-11-17-9-4-3-5-10-17/h2-7,9-10,12-13H,1,8,11,14-16H2,(H,22,25). The van der Waals surface area contributed by atoms with Crippen LogP contribution in [-0.4, -0.2) is 22.0 Å². The van der Waals surface area contributed by atoms with Crippen LogP contribution in [0.1, 0.15) is 17.8 Å². The normalized spacial score (nSPS) is 10.7. The molecule has 4 heteroatoms. The van der Waals surface area contributed by atoms with Gasteiger partial charge in [0.05, 0.1) is 11.0 Å². The van der Waals surface area contributed by atoms with E-state index in [4.69, 9.17) is 4.98 Å². The monoisotopic (exact) mass is 333 g/mol. The Labute approximate surface area is 148 Å². The first-order chi connectivity index (χ1) is 12.3. The van der Waals surface area contributed by atoms with Crippen LogP contribution in [0.4, 0.5) is 0 Å². The van der Waals surface area contributed by atoms with E-state index in [0.29, 0.717) is 13.0 Å². The average Bonchev–Trinajstić information content (AvgIpc) is 3.00. The summed E-state index contributed by atoms with van der Waals surface area (Å²) in [7, 11) is 0. The van der Waals surface area contributed by atoms with Crippen molar-refractivity contribution < 1.29 is 4.79 Å². The van der Waals surface area contributed by atoms with Gasteiger partial charge in [0.1, 0.15) is 5.82 Å². The summed E-state index contributed by atoms with van der Waals surface area (Å²) in [5.74, 6) is 0.866. The van der Waals surface area contributed by atoms with Crippen molar-refractivity contribution in [1.29, 1.82) is 0 Å². The van der Waals surface area contributed by atoms with Crippen LogP contribution in [0.3, 0.4) is 0 Å². The quantitative estimate of drug-likeness (QED) is 0.641. The van der Waals surface area contributed by atoms with Gasteiger partial charge >= 0.3 is 0 Å². The van der Waals surface area contributed by atoms with Crippen LogP contribution >= 0.6 is 0 Å². The molecule has 0 atom stereocenters. The lowest BCUT2D eigenvalue weighted by Crippen LogP contribution is -2.24. The Balaban J connectivity index is 1.71. The second kappa shape index (κ2) is 8.29. The zero-order valence-electron chi connectivity index (χ0n) is 14.3. The Morgan fingerprint density at radius 3 is 2.64 bits per heavy atom. The lowest BCUT2D eigenvalue weighted by molar-refractivity contribution is -0.116. The summed E-state index contributed by atoms with van der Waals surface area (Å²) in [5.41, 5.74) is 3.51. The molecule has 0 saturated carbocycles. The number of hydrogen-bond donors (Lipinski definition) is 1. The second-order valence-corrected chi connectivity index (χ2v) is 6.00. The molecule has 0 unspecified atom stereocenters. The summed E-state index contributed by atoms with van der Waals surface area (Å²) in [5, 5.41) is 2.82. The molecule has 25 heavy (non-hydrogen) atoms. The minimum atomic E-state index is -0.147. The van der Waals surface area contributed by atoms with E-state index in [9.17, 15) is 4.79 Å². The Bertz CT molecular complexity index is 852. The van der Waals surface area contributed by atoms with E-state index in [0.717, 1.165) is 36.2 Å². The maximum absolute atomic E-state index is 11.3. The number of hydrogen-bond acceptors (Lipinski definition) is 2. The van der Waals surface area contributed by atoms with Crippen LogP contribution in [0, 0.1) is 0 Å². The molecule has 0 fully saturated rings. The Morgan fingerprint density at radius 1 is 1.08 bits per heavy atom. The number of para-hydroxylation sites is 2. The molecule has 0 aliphatic carbocycles. The zero-order valence-corrected chi connectivity index (χ0v) is 14.3. The summed E-state index contributed by atoms with van der Waals surface area (Å²) in [4.78, 5) is 16.1. The Morgan fingerprint density at radius 2 is 1.84 bits per heavy atom. The van der Waals surface area contributed by atoms with E-state index in [2.05, 4.69) is 46.8 Å². The molecular weight excluding hydrogens is 310 g/mol. The van der Waals surface area contributed by atoms with Crippen LogP contribution in [0.15, 0.2) is 67.3 Å². The van der Waals surface area contributed by atoms with E-state index in [1.165, 1.54) is 11.6 Å². The molecule has 1 heterocycles. The van der Waals surface area contributed by atoms with Crippen molar-refractivity contribution in [2.45, 2.75) is 25.8 Å². The third kappa shape index (κ3) is 4.35. The number of carbonyl (C=O) groups is 1. The molecule has 128 valence electrons. The van der Waals surface area contributed by atoms with E-state index < -0.39 is 0 Å². The van der Waals surface area contributed by atoms with E-state index in [-0.39, 0.29) is 5.91 Å². The van der Waals surface area contributed by atoms with Gasteiger partial charge in [-0.1, -0.05) is 49.0 Å². The van der Waals surface area contributed by atoms with Crippen LogP contribution < -0.4 is 5.32 Å². The summed E-state index contributed by atoms with van der Waals surface area (Å²) in [6.45, 7) is 4.95. The number of fused-ring (bicyclic) bond motifs is 1. The van der Waals surface area contributed by atoms with Gasteiger partial charge < -0.3 is 9.88 Å². The summed E-state index contributed by atoms with van der Waals surface area (Å²) in [6.07, 6.45) is 4.10. The molecule has 0 radical (unpaired) electrons. The molecular formula is C21H23N3O. The maximum atomic E-state index is 11.3. The molecule has 1 N–H and O–H groups in total. The van der Waals surface area contributed by atoms with E-state index >= 15 is 0 Å².